The fraction of sp³-hybridized carbons (Fsp3) is 1.00. The predicted octanol–water partition coefficient (Wildman–Crippen LogP) is 2.24. The maximum Gasteiger partial charge on any atom is 0.121 e. The lowest BCUT2D eigenvalue weighted by molar-refractivity contribution is 0.703. The first-order chi connectivity index (χ1) is 5.35. The number of hydrogen-bond donors (Lipinski definition) is 0. The summed E-state index contributed by atoms with van der Waals surface area (Å²) in [7, 11) is 0. The Kier molecular flexibility index (Phi) is 4.92. The van der Waals surface area contributed by atoms with Crippen LogP contribution < -0.4 is 0 Å². The van der Waals surface area contributed by atoms with Crippen molar-refractivity contribution in [2.75, 3.05) is 6.54 Å². The standard InChI is InChI=1S/C2H3N9/c3-9-6-1-2(7-10-4)8-11-5/h2H,1H2. The Balaban J connectivity index is 4.20. The smallest absolute Gasteiger partial charge is 0.0934 e. The molecule has 0 atom stereocenters. The molecule has 0 radical (unpaired) electrons. The Bertz CT molecular complexity index is 229. The molecule has 0 amide bonds. The molecular weight excluding hydrogens is 150 g/mol. The summed E-state index contributed by atoms with van der Waals surface area (Å²) in [6.45, 7) is -0.162. The SMILES string of the molecule is [N-]=[N+]=NCC(N=[N+]=[N-])N=[N+]=[N-]. The molecule has 0 aliphatic rings. The molecule has 0 saturated heterocycles. The van der Waals surface area contributed by atoms with Crippen LogP contribution in [0, 0.1) is 0 Å². The Morgan fingerprint density at radius 2 is 1.55 bits per heavy atom. The van der Waals surface area contributed by atoms with Gasteiger partial charge in [-0.1, -0.05) is 15.3 Å². The van der Waals surface area contributed by atoms with E-state index in [9.17, 15) is 0 Å². The van der Waals surface area contributed by atoms with Gasteiger partial charge in [0.05, 0.1) is 0 Å². The second kappa shape index (κ2) is 6.06. The minimum Gasteiger partial charge on any atom is -0.0934 e. The third-order valence-electron chi connectivity index (χ3n) is 0.678. The highest BCUT2D eigenvalue weighted by Crippen LogP contribution is 1.95. The summed E-state index contributed by atoms with van der Waals surface area (Å²) < 4.78 is 0. The van der Waals surface area contributed by atoms with Crippen molar-refractivity contribution in [1.82, 2.24) is 0 Å². The summed E-state index contributed by atoms with van der Waals surface area (Å²) in [5.41, 5.74) is 23.6. The molecule has 11 heavy (non-hydrogen) atoms. The maximum atomic E-state index is 7.90. The monoisotopic (exact) mass is 153 g/mol. The lowest BCUT2D eigenvalue weighted by Gasteiger charge is -1.93. The predicted molar refractivity (Wildman–Crippen MR) is 36.1 cm³/mol. The van der Waals surface area contributed by atoms with E-state index in [-0.39, 0.29) is 6.54 Å². The van der Waals surface area contributed by atoms with Crippen molar-refractivity contribution in [2.24, 2.45) is 15.3 Å². The number of azide groups is 2. The first-order valence-corrected chi connectivity index (χ1v) is 2.44. The van der Waals surface area contributed by atoms with E-state index < -0.39 is 6.17 Å². The molecule has 0 fully saturated rings. The summed E-state index contributed by atoms with van der Waals surface area (Å²) in [4.78, 5) is 7.17. The van der Waals surface area contributed by atoms with E-state index in [1.165, 1.54) is 0 Å². The zero-order valence-electron chi connectivity index (χ0n) is 5.31. The Hall–Kier alpha value is -2.07. The average molecular weight is 153 g/mol. The molecule has 0 aliphatic heterocycles. The molecule has 0 aliphatic carbocycles. The zero-order valence-corrected chi connectivity index (χ0v) is 5.31. The molecule has 0 aromatic rings. The Labute approximate surface area is 60.5 Å². The van der Waals surface area contributed by atoms with Crippen LogP contribution in [0.15, 0.2) is 15.3 Å². The van der Waals surface area contributed by atoms with E-state index in [2.05, 4.69) is 30.1 Å². The van der Waals surface area contributed by atoms with Gasteiger partial charge in [-0.05, 0) is 16.6 Å². The van der Waals surface area contributed by atoms with Crippen molar-refractivity contribution in [3.8, 4) is 0 Å². The Morgan fingerprint density at radius 3 is 1.91 bits per heavy atom. The minimum atomic E-state index is -0.971. The second-order valence-electron chi connectivity index (χ2n) is 1.30. The molecule has 0 bridgehead atoms. The highest BCUT2D eigenvalue weighted by Gasteiger charge is 1.98. The van der Waals surface area contributed by atoms with E-state index in [1.807, 2.05) is 0 Å². The summed E-state index contributed by atoms with van der Waals surface area (Å²) in [5.74, 6) is 0. The molecule has 0 spiro atoms. The van der Waals surface area contributed by atoms with Gasteiger partial charge < -0.3 is 0 Å². The summed E-state index contributed by atoms with van der Waals surface area (Å²) in [6, 6.07) is 0. The van der Waals surface area contributed by atoms with Gasteiger partial charge in [0, 0.05) is 21.3 Å². The second-order valence-corrected chi connectivity index (χ2v) is 1.30. The van der Waals surface area contributed by atoms with Crippen molar-refractivity contribution in [1.29, 1.82) is 0 Å². The van der Waals surface area contributed by atoms with Gasteiger partial charge in [-0.25, -0.2) is 0 Å². The fourth-order valence-corrected chi connectivity index (χ4v) is 0.325. The van der Waals surface area contributed by atoms with Crippen LogP contribution in [0.5, 0.6) is 0 Å². The topological polar surface area (TPSA) is 146 Å². The van der Waals surface area contributed by atoms with Crippen molar-refractivity contribution >= 4 is 0 Å². The van der Waals surface area contributed by atoms with Crippen molar-refractivity contribution in [3.63, 3.8) is 0 Å². The van der Waals surface area contributed by atoms with Gasteiger partial charge in [0.25, 0.3) is 0 Å². The molecule has 9 nitrogen and oxygen atoms in total. The van der Waals surface area contributed by atoms with Crippen LogP contribution in [-0.4, -0.2) is 12.7 Å². The van der Waals surface area contributed by atoms with Gasteiger partial charge in [-0.2, -0.15) is 0 Å². The fourth-order valence-electron chi connectivity index (χ4n) is 0.325. The molecule has 0 heterocycles. The summed E-state index contributed by atoms with van der Waals surface area (Å²) in [6.07, 6.45) is -0.971. The molecular formula is C2H3N9. The normalized spacial score (nSPS) is 9.82. The number of rotatable bonds is 4. The summed E-state index contributed by atoms with van der Waals surface area (Å²) >= 11 is 0. The van der Waals surface area contributed by atoms with Crippen LogP contribution in [0.3, 0.4) is 0 Å². The van der Waals surface area contributed by atoms with Gasteiger partial charge in [0.1, 0.15) is 6.17 Å². The number of hydrogen-bond acceptors (Lipinski definition) is 3. The number of nitrogens with zero attached hydrogens (tertiary/aromatic N) is 9. The molecule has 56 valence electrons. The van der Waals surface area contributed by atoms with Crippen molar-refractivity contribution in [3.05, 3.63) is 31.3 Å². The van der Waals surface area contributed by atoms with Crippen LogP contribution in [0.1, 0.15) is 0 Å². The van der Waals surface area contributed by atoms with Crippen LogP contribution in [0.25, 0.3) is 31.3 Å². The first kappa shape index (κ1) is 8.93. The van der Waals surface area contributed by atoms with E-state index in [0.717, 1.165) is 0 Å². The van der Waals surface area contributed by atoms with E-state index >= 15 is 0 Å². The third-order valence-corrected chi connectivity index (χ3v) is 0.678. The van der Waals surface area contributed by atoms with E-state index in [1.54, 1.807) is 0 Å². The highest BCUT2D eigenvalue weighted by molar-refractivity contribution is 4.67. The molecule has 0 unspecified atom stereocenters. The van der Waals surface area contributed by atoms with Crippen molar-refractivity contribution in [2.45, 2.75) is 6.17 Å². The lowest BCUT2D eigenvalue weighted by Crippen LogP contribution is -2.01. The van der Waals surface area contributed by atoms with Crippen LogP contribution in [0.4, 0.5) is 0 Å². The molecule has 0 aromatic heterocycles. The van der Waals surface area contributed by atoms with E-state index in [4.69, 9.17) is 16.6 Å². The van der Waals surface area contributed by atoms with Gasteiger partial charge >= 0.3 is 0 Å². The zero-order chi connectivity index (χ0) is 8.53. The molecule has 0 aromatic carbocycles. The highest BCUT2D eigenvalue weighted by atomic mass is 15.3. The molecule has 0 N–H and O–H groups in total. The summed E-state index contributed by atoms with van der Waals surface area (Å²) in [5, 5.41) is 9.15. The Morgan fingerprint density at radius 1 is 1.00 bits per heavy atom. The van der Waals surface area contributed by atoms with Crippen molar-refractivity contribution < 1.29 is 0 Å². The van der Waals surface area contributed by atoms with Crippen LogP contribution in [0.2, 0.25) is 0 Å². The van der Waals surface area contributed by atoms with Crippen LogP contribution >= 0.6 is 0 Å². The largest absolute Gasteiger partial charge is 0.121 e. The quantitative estimate of drug-likeness (QED) is 0.331. The minimum absolute atomic E-state index is 0.162. The van der Waals surface area contributed by atoms with E-state index in [0.29, 0.717) is 0 Å². The molecule has 0 rings (SSSR count). The van der Waals surface area contributed by atoms with Gasteiger partial charge in [0.15, 0.2) is 0 Å². The van der Waals surface area contributed by atoms with Gasteiger partial charge in [-0.15, -0.1) is 0 Å². The van der Waals surface area contributed by atoms with Gasteiger partial charge in [0.2, 0.25) is 0 Å². The first-order valence-electron chi connectivity index (χ1n) is 2.44. The average Bonchev–Trinajstić information content (AvgIpc) is 2.01. The van der Waals surface area contributed by atoms with Crippen LogP contribution in [-0.2, 0) is 0 Å². The molecule has 9 heteroatoms. The molecule has 0 saturated carbocycles. The maximum absolute atomic E-state index is 7.90. The van der Waals surface area contributed by atoms with Gasteiger partial charge in [-0.3, -0.25) is 0 Å². The third kappa shape index (κ3) is 4.43. The lowest BCUT2D eigenvalue weighted by atomic mass is 10.5.